The van der Waals surface area contributed by atoms with Crippen molar-refractivity contribution in [2.45, 2.75) is 38.6 Å². The van der Waals surface area contributed by atoms with E-state index in [1.807, 2.05) is 0 Å². The third kappa shape index (κ3) is 2.69. The molecule has 0 saturated heterocycles. The number of nitrogens with zero attached hydrogens (tertiary/aromatic N) is 4. The summed E-state index contributed by atoms with van der Waals surface area (Å²) in [5, 5.41) is 11.8. The Balaban J connectivity index is 2.28. The number of amidine groups is 1. The first-order chi connectivity index (χ1) is 8.77. The number of oxime groups is 1. The fraction of sp³-hybridized carbons (Fsp3) is 0.583. The van der Waals surface area contributed by atoms with E-state index in [0.29, 0.717) is 11.7 Å². The van der Waals surface area contributed by atoms with Gasteiger partial charge < -0.3 is 15.8 Å². The number of anilines is 1. The van der Waals surface area contributed by atoms with E-state index in [4.69, 9.17) is 10.9 Å². The van der Waals surface area contributed by atoms with E-state index in [0.717, 1.165) is 25.2 Å². The van der Waals surface area contributed by atoms with E-state index in [2.05, 4.69) is 26.9 Å². The number of aromatic nitrogens is 2. The molecule has 0 spiro atoms. The average molecular weight is 249 g/mol. The second kappa shape index (κ2) is 5.66. The first kappa shape index (κ1) is 12.6. The molecule has 0 atom stereocenters. The van der Waals surface area contributed by atoms with Crippen LogP contribution in [-0.2, 0) is 0 Å². The summed E-state index contributed by atoms with van der Waals surface area (Å²) in [6.45, 7) is 3.10. The van der Waals surface area contributed by atoms with E-state index < -0.39 is 0 Å². The number of hydrogen-bond donors (Lipinski definition) is 2. The molecule has 2 rings (SSSR count). The van der Waals surface area contributed by atoms with Crippen LogP contribution in [0.15, 0.2) is 17.5 Å². The Morgan fingerprint density at radius 3 is 2.83 bits per heavy atom. The number of hydrogen-bond acceptors (Lipinski definition) is 5. The van der Waals surface area contributed by atoms with E-state index in [1.165, 1.54) is 12.8 Å². The SMILES string of the molecule is CCCCN(c1nccnc1/C(N)=N/O)C1CC1. The molecule has 98 valence electrons. The summed E-state index contributed by atoms with van der Waals surface area (Å²) in [5.74, 6) is 0.740. The van der Waals surface area contributed by atoms with Crippen molar-refractivity contribution in [1.82, 2.24) is 9.97 Å². The molecule has 18 heavy (non-hydrogen) atoms. The maximum atomic E-state index is 8.80. The zero-order valence-corrected chi connectivity index (χ0v) is 10.6. The maximum Gasteiger partial charge on any atom is 0.192 e. The zero-order valence-electron chi connectivity index (χ0n) is 10.6. The summed E-state index contributed by atoms with van der Waals surface area (Å²) in [5.41, 5.74) is 6.11. The van der Waals surface area contributed by atoms with Crippen molar-refractivity contribution >= 4 is 11.7 Å². The highest BCUT2D eigenvalue weighted by Gasteiger charge is 2.31. The summed E-state index contributed by atoms with van der Waals surface area (Å²) in [7, 11) is 0. The van der Waals surface area contributed by atoms with Gasteiger partial charge in [0, 0.05) is 25.0 Å². The highest BCUT2D eigenvalue weighted by atomic mass is 16.4. The Morgan fingerprint density at radius 1 is 1.50 bits per heavy atom. The lowest BCUT2D eigenvalue weighted by Gasteiger charge is -2.24. The van der Waals surface area contributed by atoms with Crippen molar-refractivity contribution in [3.05, 3.63) is 18.1 Å². The molecule has 6 heteroatoms. The van der Waals surface area contributed by atoms with Gasteiger partial charge in [-0.1, -0.05) is 18.5 Å². The van der Waals surface area contributed by atoms with Crippen molar-refractivity contribution in [2.75, 3.05) is 11.4 Å². The Hall–Kier alpha value is -1.85. The molecule has 0 bridgehead atoms. The molecule has 1 fully saturated rings. The summed E-state index contributed by atoms with van der Waals surface area (Å²) in [6, 6.07) is 0.526. The molecule has 1 saturated carbocycles. The monoisotopic (exact) mass is 249 g/mol. The van der Waals surface area contributed by atoms with Gasteiger partial charge in [-0.25, -0.2) is 9.97 Å². The highest BCUT2D eigenvalue weighted by molar-refractivity contribution is 5.99. The van der Waals surface area contributed by atoms with Crippen molar-refractivity contribution < 1.29 is 5.21 Å². The van der Waals surface area contributed by atoms with Crippen LogP contribution >= 0.6 is 0 Å². The number of rotatable bonds is 6. The van der Waals surface area contributed by atoms with Gasteiger partial charge in [-0.05, 0) is 19.3 Å². The molecule has 1 heterocycles. The molecule has 0 radical (unpaired) electrons. The lowest BCUT2D eigenvalue weighted by Crippen LogP contribution is -2.31. The van der Waals surface area contributed by atoms with E-state index in [1.54, 1.807) is 12.4 Å². The minimum atomic E-state index is 0.0141. The summed E-state index contributed by atoms with van der Waals surface area (Å²) < 4.78 is 0. The van der Waals surface area contributed by atoms with Gasteiger partial charge >= 0.3 is 0 Å². The lowest BCUT2D eigenvalue weighted by molar-refractivity contribution is 0.318. The van der Waals surface area contributed by atoms with Crippen molar-refractivity contribution in [3.63, 3.8) is 0 Å². The normalized spacial score (nSPS) is 15.7. The second-order valence-corrected chi connectivity index (χ2v) is 4.49. The van der Waals surface area contributed by atoms with Gasteiger partial charge in [0.25, 0.3) is 0 Å². The Kier molecular flexibility index (Phi) is 3.96. The minimum Gasteiger partial charge on any atom is -0.409 e. The standard InChI is InChI=1S/C12H19N5O/c1-2-3-8-17(9-4-5-9)12-10(11(13)16-18)14-6-7-15-12/h6-7,9,18H,2-5,8H2,1H3,(H2,13,16). The topological polar surface area (TPSA) is 87.6 Å². The third-order valence-electron chi connectivity index (χ3n) is 3.04. The fourth-order valence-electron chi connectivity index (χ4n) is 1.94. The zero-order chi connectivity index (χ0) is 13.0. The van der Waals surface area contributed by atoms with Gasteiger partial charge in [0.2, 0.25) is 0 Å². The van der Waals surface area contributed by atoms with Gasteiger partial charge in [-0.3, -0.25) is 0 Å². The number of unbranched alkanes of at least 4 members (excludes halogenated alkanes) is 1. The van der Waals surface area contributed by atoms with Crippen molar-refractivity contribution in [3.8, 4) is 0 Å². The third-order valence-corrected chi connectivity index (χ3v) is 3.04. The molecular weight excluding hydrogens is 230 g/mol. The molecule has 0 aromatic carbocycles. The van der Waals surface area contributed by atoms with Crippen LogP contribution in [0, 0.1) is 0 Å². The van der Waals surface area contributed by atoms with Gasteiger partial charge in [0.15, 0.2) is 17.3 Å². The van der Waals surface area contributed by atoms with Gasteiger partial charge in [0.1, 0.15) is 0 Å². The van der Waals surface area contributed by atoms with Crippen LogP contribution in [0.3, 0.4) is 0 Å². The predicted molar refractivity (Wildman–Crippen MR) is 69.8 cm³/mol. The molecule has 6 nitrogen and oxygen atoms in total. The number of nitrogens with two attached hydrogens (primary N) is 1. The Morgan fingerprint density at radius 2 is 2.22 bits per heavy atom. The molecule has 1 aliphatic rings. The van der Waals surface area contributed by atoms with Crippen LogP contribution < -0.4 is 10.6 Å². The quantitative estimate of drug-likeness (QED) is 0.344. The largest absolute Gasteiger partial charge is 0.409 e. The van der Waals surface area contributed by atoms with Crippen LogP contribution in [0.25, 0.3) is 0 Å². The van der Waals surface area contributed by atoms with Gasteiger partial charge in [-0.15, -0.1) is 0 Å². The lowest BCUT2D eigenvalue weighted by atomic mass is 10.2. The molecule has 1 aromatic heterocycles. The van der Waals surface area contributed by atoms with Crippen LogP contribution in [0.5, 0.6) is 0 Å². The summed E-state index contributed by atoms with van der Waals surface area (Å²) in [6.07, 6.45) is 7.78. The van der Waals surface area contributed by atoms with Crippen LogP contribution in [-0.4, -0.2) is 33.6 Å². The average Bonchev–Trinajstić information content (AvgIpc) is 3.23. The maximum absolute atomic E-state index is 8.80. The van der Waals surface area contributed by atoms with Crippen molar-refractivity contribution in [1.29, 1.82) is 0 Å². The Bertz CT molecular complexity index is 430. The summed E-state index contributed by atoms with van der Waals surface area (Å²) in [4.78, 5) is 10.7. The van der Waals surface area contributed by atoms with Crippen molar-refractivity contribution in [2.24, 2.45) is 10.9 Å². The molecular formula is C12H19N5O. The highest BCUT2D eigenvalue weighted by Crippen LogP contribution is 2.31. The predicted octanol–water partition coefficient (Wildman–Crippen LogP) is 1.34. The van der Waals surface area contributed by atoms with Gasteiger partial charge in [0.05, 0.1) is 0 Å². The van der Waals surface area contributed by atoms with Crippen LogP contribution in [0.2, 0.25) is 0 Å². The molecule has 0 unspecified atom stereocenters. The van der Waals surface area contributed by atoms with Crippen LogP contribution in [0.1, 0.15) is 38.3 Å². The minimum absolute atomic E-state index is 0.0141. The second-order valence-electron chi connectivity index (χ2n) is 4.49. The first-order valence-corrected chi connectivity index (χ1v) is 6.33. The molecule has 1 aromatic rings. The Labute approximate surface area is 107 Å². The molecule has 0 amide bonds. The first-order valence-electron chi connectivity index (χ1n) is 6.33. The molecule has 1 aliphatic carbocycles. The molecule has 0 aliphatic heterocycles. The van der Waals surface area contributed by atoms with E-state index >= 15 is 0 Å². The summed E-state index contributed by atoms with van der Waals surface area (Å²) >= 11 is 0. The van der Waals surface area contributed by atoms with Gasteiger partial charge in [-0.2, -0.15) is 0 Å². The van der Waals surface area contributed by atoms with E-state index in [9.17, 15) is 0 Å². The molecule has 3 N–H and O–H groups in total. The van der Waals surface area contributed by atoms with E-state index in [-0.39, 0.29) is 5.84 Å². The van der Waals surface area contributed by atoms with Crippen LogP contribution in [0.4, 0.5) is 5.82 Å². The smallest absolute Gasteiger partial charge is 0.192 e. The fourth-order valence-corrected chi connectivity index (χ4v) is 1.94.